The Bertz CT molecular complexity index is 764. The van der Waals surface area contributed by atoms with Gasteiger partial charge in [-0.2, -0.15) is 4.98 Å². The highest BCUT2D eigenvalue weighted by atomic mass is 35.5. The van der Waals surface area contributed by atoms with Gasteiger partial charge in [-0.25, -0.2) is 5.10 Å². The number of anilines is 2. The zero-order valence-corrected chi connectivity index (χ0v) is 17.4. The quantitative estimate of drug-likeness (QED) is 0.645. The molecule has 5 N–H and O–H groups in total. The first-order chi connectivity index (χ1) is 11.9. The van der Waals surface area contributed by atoms with Crippen molar-refractivity contribution in [2.45, 2.75) is 12.5 Å². The van der Waals surface area contributed by atoms with Gasteiger partial charge in [0.1, 0.15) is 0 Å². The number of hydrogen-bond donors (Lipinski definition) is 3. The minimum absolute atomic E-state index is 0. The molecule has 150 valence electrons. The molecule has 0 aliphatic carbocycles. The Morgan fingerprint density at radius 1 is 1.22 bits per heavy atom. The summed E-state index contributed by atoms with van der Waals surface area (Å²) >= 11 is 12.0. The SMILES string of the molecule is Cl.Cl.Nc1nc(N2CCN(C(=O)[C@@H](N)Cc3ccc(Cl)cc3Cl)CC2)n[nH]1. The van der Waals surface area contributed by atoms with Gasteiger partial charge >= 0.3 is 0 Å². The first-order valence-electron chi connectivity index (χ1n) is 7.85. The van der Waals surface area contributed by atoms with E-state index >= 15 is 0 Å². The van der Waals surface area contributed by atoms with Crippen LogP contribution in [0.3, 0.4) is 0 Å². The van der Waals surface area contributed by atoms with E-state index < -0.39 is 6.04 Å². The third kappa shape index (κ3) is 5.76. The lowest BCUT2D eigenvalue weighted by molar-refractivity contribution is -0.132. The fourth-order valence-corrected chi connectivity index (χ4v) is 3.26. The summed E-state index contributed by atoms with van der Waals surface area (Å²) in [5, 5.41) is 7.71. The Morgan fingerprint density at radius 3 is 2.44 bits per heavy atom. The van der Waals surface area contributed by atoms with Gasteiger partial charge in [0.2, 0.25) is 17.8 Å². The number of rotatable bonds is 4. The molecule has 0 unspecified atom stereocenters. The Hall–Kier alpha value is -1.45. The molecule has 1 saturated heterocycles. The highest BCUT2D eigenvalue weighted by Crippen LogP contribution is 2.22. The molecule has 2 heterocycles. The summed E-state index contributed by atoms with van der Waals surface area (Å²) in [5.41, 5.74) is 12.4. The summed E-state index contributed by atoms with van der Waals surface area (Å²) in [7, 11) is 0. The summed E-state index contributed by atoms with van der Waals surface area (Å²) in [5.74, 6) is 0.720. The number of aromatic amines is 1. The monoisotopic (exact) mass is 455 g/mol. The van der Waals surface area contributed by atoms with Crippen LogP contribution in [-0.4, -0.2) is 58.2 Å². The second kappa shape index (κ2) is 10.2. The molecule has 1 aliphatic heterocycles. The number of carbonyl (C=O) groups is 1. The minimum atomic E-state index is -0.649. The number of hydrogen-bond acceptors (Lipinski definition) is 6. The van der Waals surface area contributed by atoms with E-state index in [4.69, 9.17) is 34.7 Å². The number of nitrogens with zero attached hydrogens (tertiary/aromatic N) is 4. The van der Waals surface area contributed by atoms with Crippen molar-refractivity contribution in [1.82, 2.24) is 20.1 Å². The van der Waals surface area contributed by atoms with Crippen LogP contribution < -0.4 is 16.4 Å². The molecule has 3 rings (SSSR count). The number of halogens is 4. The lowest BCUT2D eigenvalue weighted by Gasteiger charge is -2.35. The summed E-state index contributed by atoms with van der Waals surface area (Å²) in [6.07, 6.45) is 0.368. The van der Waals surface area contributed by atoms with Gasteiger partial charge in [0, 0.05) is 36.2 Å². The summed E-state index contributed by atoms with van der Waals surface area (Å²) in [6.45, 7) is 2.35. The van der Waals surface area contributed by atoms with Gasteiger partial charge in [-0.15, -0.1) is 29.9 Å². The first-order valence-corrected chi connectivity index (χ1v) is 8.61. The van der Waals surface area contributed by atoms with E-state index in [1.165, 1.54) is 0 Å². The molecule has 0 spiro atoms. The third-order valence-electron chi connectivity index (χ3n) is 4.14. The Kier molecular flexibility index (Phi) is 8.90. The van der Waals surface area contributed by atoms with Crippen LogP contribution in [0.1, 0.15) is 5.56 Å². The molecule has 1 aromatic heterocycles. The Morgan fingerprint density at radius 2 is 1.89 bits per heavy atom. The van der Waals surface area contributed by atoms with E-state index in [1.807, 2.05) is 4.90 Å². The van der Waals surface area contributed by atoms with Crippen molar-refractivity contribution in [2.24, 2.45) is 5.73 Å². The second-order valence-corrected chi connectivity index (χ2v) is 6.72. The largest absolute Gasteiger partial charge is 0.368 e. The van der Waals surface area contributed by atoms with E-state index in [0.29, 0.717) is 48.6 Å². The number of nitrogens with two attached hydrogens (primary N) is 2. The maximum Gasteiger partial charge on any atom is 0.246 e. The van der Waals surface area contributed by atoms with Gasteiger partial charge in [-0.1, -0.05) is 29.3 Å². The van der Waals surface area contributed by atoms with Crippen molar-refractivity contribution in [3.05, 3.63) is 33.8 Å². The molecule has 1 aliphatic rings. The molecular weight excluding hydrogens is 436 g/mol. The highest BCUT2D eigenvalue weighted by Gasteiger charge is 2.27. The number of piperazine rings is 1. The van der Waals surface area contributed by atoms with E-state index in [9.17, 15) is 4.79 Å². The molecule has 1 atom stereocenters. The second-order valence-electron chi connectivity index (χ2n) is 5.88. The van der Waals surface area contributed by atoms with Gasteiger partial charge in [0.15, 0.2) is 0 Å². The average molecular weight is 457 g/mol. The van der Waals surface area contributed by atoms with Crippen LogP contribution in [0.15, 0.2) is 18.2 Å². The van der Waals surface area contributed by atoms with Crippen molar-refractivity contribution in [2.75, 3.05) is 36.8 Å². The molecule has 2 aromatic rings. The molecule has 0 radical (unpaired) electrons. The van der Waals surface area contributed by atoms with Crippen molar-refractivity contribution in [3.63, 3.8) is 0 Å². The number of aromatic nitrogens is 3. The first kappa shape index (κ1) is 23.6. The van der Waals surface area contributed by atoms with Gasteiger partial charge < -0.3 is 21.3 Å². The summed E-state index contributed by atoms with van der Waals surface area (Å²) in [4.78, 5) is 20.4. The zero-order valence-electron chi connectivity index (χ0n) is 14.3. The Labute approximate surface area is 179 Å². The molecule has 0 bridgehead atoms. The fraction of sp³-hybridized carbons (Fsp3) is 0.400. The molecule has 12 heteroatoms. The van der Waals surface area contributed by atoms with Gasteiger partial charge in [0.05, 0.1) is 6.04 Å². The number of nitrogen functional groups attached to an aromatic ring is 1. The van der Waals surface area contributed by atoms with E-state index in [1.54, 1.807) is 23.1 Å². The van der Waals surface area contributed by atoms with Crippen molar-refractivity contribution in [1.29, 1.82) is 0 Å². The number of H-pyrrole nitrogens is 1. The normalized spacial score (nSPS) is 14.9. The molecular formula is C15H21Cl4N7O. The van der Waals surface area contributed by atoms with Crippen LogP contribution in [0, 0.1) is 0 Å². The predicted molar refractivity (Wildman–Crippen MR) is 112 cm³/mol. The summed E-state index contributed by atoms with van der Waals surface area (Å²) in [6, 6.07) is 4.53. The molecule has 0 saturated carbocycles. The van der Waals surface area contributed by atoms with Crippen molar-refractivity contribution in [3.8, 4) is 0 Å². The smallest absolute Gasteiger partial charge is 0.246 e. The molecule has 27 heavy (non-hydrogen) atoms. The van der Waals surface area contributed by atoms with E-state index in [0.717, 1.165) is 5.56 Å². The molecule has 1 aromatic carbocycles. The van der Waals surface area contributed by atoms with Crippen LogP contribution in [0.2, 0.25) is 10.0 Å². The zero-order chi connectivity index (χ0) is 18.0. The van der Waals surface area contributed by atoms with Crippen molar-refractivity contribution < 1.29 is 4.79 Å². The number of benzene rings is 1. The van der Waals surface area contributed by atoms with Gasteiger partial charge in [-0.05, 0) is 24.1 Å². The number of nitrogens with one attached hydrogen (secondary N) is 1. The number of carbonyl (C=O) groups excluding carboxylic acids is 1. The van der Waals surface area contributed by atoms with Crippen LogP contribution in [-0.2, 0) is 11.2 Å². The lowest BCUT2D eigenvalue weighted by atomic mass is 10.1. The maximum atomic E-state index is 12.6. The molecule has 1 fully saturated rings. The van der Waals surface area contributed by atoms with Gasteiger partial charge in [-0.3, -0.25) is 4.79 Å². The fourth-order valence-electron chi connectivity index (χ4n) is 2.78. The predicted octanol–water partition coefficient (Wildman–Crippen LogP) is 1.76. The highest BCUT2D eigenvalue weighted by molar-refractivity contribution is 6.35. The third-order valence-corrected chi connectivity index (χ3v) is 4.72. The van der Waals surface area contributed by atoms with Gasteiger partial charge in [0.25, 0.3) is 0 Å². The standard InChI is InChI=1S/C15H19Cl2N7O.2ClH/c16-10-2-1-9(11(17)8-10)7-12(18)13(25)23-3-5-24(6-4-23)15-20-14(19)21-22-15;;/h1-2,8,12H,3-7,18H2,(H3,19,20,21,22);2*1H/t12-;;/m0../s1. The maximum absolute atomic E-state index is 12.6. The van der Waals surface area contributed by atoms with Crippen LogP contribution >= 0.6 is 48.0 Å². The average Bonchev–Trinajstić information content (AvgIpc) is 3.03. The van der Waals surface area contributed by atoms with E-state index in [-0.39, 0.29) is 36.7 Å². The Balaban J connectivity index is 0.00000182. The molecule has 8 nitrogen and oxygen atoms in total. The summed E-state index contributed by atoms with van der Waals surface area (Å²) < 4.78 is 0. The topological polar surface area (TPSA) is 117 Å². The lowest BCUT2D eigenvalue weighted by Crippen LogP contribution is -2.54. The van der Waals surface area contributed by atoms with Crippen LogP contribution in [0.5, 0.6) is 0 Å². The minimum Gasteiger partial charge on any atom is -0.368 e. The number of amides is 1. The van der Waals surface area contributed by atoms with Crippen LogP contribution in [0.25, 0.3) is 0 Å². The van der Waals surface area contributed by atoms with Crippen LogP contribution in [0.4, 0.5) is 11.9 Å². The molecule has 1 amide bonds. The van der Waals surface area contributed by atoms with E-state index in [2.05, 4.69) is 15.2 Å². The van der Waals surface area contributed by atoms with Crippen molar-refractivity contribution >= 4 is 65.8 Å².